The number of nitrogens with zero attached hydrogens (tertiary/aromatic N) is 3. The number of hydrogen-bond donors (Lipinski definition) is 3. The number of H-pyrrole nitrogens is 1. The van der Waals surface area contributed by atoms with E-state index in [-0.39, 0.29) is 5.96 Å². The van der Waals surface area contributed by atoms with Gasteiger partial charge in [-0.3, -0.25) is 4.99 Å². The van der Waals surface area contributed by atoms with Gasteiger partial charge in [-0.25, -0.2) is 5.43 Å². The van der Waals surface area contributed by atoms with Crippen LogP contribution in [0, 0.1) is 11.3 Å². The second-order valence-electron chi connectivity index (χ2n) is 5.63. The number of hydrogen-bond acceptors (Lipinski definition) is 3. The Kier molecular flexibility index (Phi) is 5.52. The molecule has 0 fully saturated rings. The van der Waals surface area contributed by atoms with Gasteiger partial charge in [0.15, 0.2) is 0 Å². The molecule has 0 amide bonds. The average Bonchev–Trinajstić information content (AvgIpc) is 3.05. The van der Waals surface area contributed by atoms with E-state index >= 15 is 0 Å². The molecular formula is C19H17ClN6. The number of halogens is 1. The number of guanidine groups is 1. The summed E-state index contributed by atoms with van der Waals surface area (Å²) in [6.07, 6.45) is 4.23. The van der Waals surface area contributed by atoms with E-state index in [1.807, 2.05) is 42.6 Å². The molecule has 0 aliphatic heterocycles. The predicted molar refractivity (Wildman–Crippen MR) is 105 cm³/mol. The molecule has 0 unspecified atom stereocenters. The van der Waals surface area contributed by atoms with Gasteiger partial charge < -0.3 is 10.7 Å². The van der Waals surface area contributed by atoms with E-state index < -0.39 is 0 Å². The topological polar surface area (TPSA) is 102 Å². The summed E-state index contributed by atoms with van der Waals surface area (Å²) in [5.74, 6) is 0.243. The maximum atomic E-state index is 9.01. The molecule has 3 rings (SSSR count). The second kappa shape index (κ2) is 8.19. The Labute approximate surface area is 156 Å². The van der Waals surface area contributed by atoms with Crippen molar-refractivity contribution in [2.75, 3.05) is 6.54 Å². The fourth-order valence-electron chi connectivity index (χ4n) is 2.48. The molecule has 2 aromatic carbocycles. The number of aliphatic imine (C=N–C) groups is 1. The van der Waals surface area contributed by atoms with Crippen molar-refractivity contribution in [1.29, 1.82) is 5.26 Å². The normalized spacial score (nSPS) is 11.8. The van der Waals surface area contributed by atoms with Crippen LogP contribution in [0.2, 0.25) is 5.02 Å². The van der Waals surface area contributed by atoms with Crippen molar-refractivity contribution in [3.8, 4) is 6.07 Å². The number of aromatic amines is 1. The van der Waals surface area contributed by atoms with Gasteiger partial charge in [0.1, 0.15) is 0 Å². The van der Waals surface area contributed by atoms with Gasteiger partial charge in [-0.05, 0) is 42.3 Å². The largest absolute Gasteiger partial charge is 0.369 e. The van der Waals surface area contributed by atoms with Crippen molar-refractivity contribution in [2.45, 2.75) is 6.42 Å². The van der Waals surface area contributed by atoms with E-state index in [0.717, 1.165) is 28.5 Å². The number of aromatic nitrogens is 1. The number of nitrogens with two attached hydrogens (primary N) is 1. The number of rotatable bonds is 5. The third-order valence-corrected chi connectivity index (χ3v) is 4.07. The van der Waals surface area contributed by atoms with Crippen LogP contribution in [0.1, 0.15) is 16.7 Å². The number of benzene rings is 2. The summed E-state index contributed by atoms with van der Waals surface area (Å²) < 4.78 is 0. The van der Waals surface area contributed by atoms with Gasteiger partial charge in [-0.2, -0.15) is 10.4 Å². The van der Waals surface area contributed by atoms with E-state index in [4.69, 9.17) is 22.6 Å². The lowest BCUT2D eigenvalue weighted by Crippen LogP contribution is -2.27. The van der Waals surface area contributed by atoms with Crippen molar-refractivity contribution in [1.82, 2.24) is 10.4 Å². The van der Waals surface area contributed by atoms with Gasteiger partial charge in [-0.1, -0.05) is 23.7 Å². The molecule has 6 nitrogen and oxygen atoms in total. The van der Waals surface area contributed by atoms with Gasteiger partial charge in [0, 0.05) is 34.2 Å². The summed E-state index contributed by atoms with van der Waals surface area (Å²) in [4.78, 5) is 7.37. The quantitative estimate of drug-likeness (QED) is 0.368. The first kappa shape index (κ1) is 17.5. The van der Waals surface area contributed by atoms with Crippen LogP contribution in [0.4, 0.5) is 0 Å². The van der Waals surface area contributed by atoms with E-state index in [1.54, 1.807) is 12.3 Å². The summed E-state index contributed by atoms with van der Waals surface area (Å²) in [5, 5.41) is 14.8. The minimum absolute atomic E-state index is 0.243. The molecule has 3 aromatic rings. The first-order valence-corrected chi connectivity index (χ1v) is 8.38. The molecule has 130 valence electrons. The lowest BCUT2D eigenvalue weighted by Gasteiger charge is -2.01. The van der Waals surface area contributed by atoms with Gasteiger partial charge in [0.2, 0.25) is 5.96 Å². The zero-order chi connectivity index (χ0) is 18.4. The van der Waals surface area contributed by atoms with Crippen molar-refractivity contribution < 1.29 is 0 Å². The summed E-state index contributed by atoms with van der Waals surface area (Å²) in [5.41, 5.74) is 12.1. The van der Waals surface area contributed by atoms with Gasteiger partial charge in [-0.15, -0.1) is 0 Å². The lowest BCUT2D eigenvalue weighted by molar-refractivity contribution is 0.926. The van der Waals surface area contributed by atoms with E-state index in [9.17, 15) is 0 Å². The molecule has 7 heteroatoms. The molecule has 4 N–H and O–H groups in total. The van der Waals surface area contributed by atoms with Crippen LogP contribution in [0.15, 0.2) is 58.8 Å². The molecular weight excluding hydrogens is 348 g/mol. The summed E-state index contributed by atoms with van der Waals surface area (Å²) in [7, 11) is 0. The first-order chi connectivity index (χ1) is 12.7. The van der Waals surface area contributed by atoms with Crippen LogP contribution in [0.25, 0.3) is 10.9 Å². The minimum atomic E-state index is 0.243. The number of hydrazone groups is 1. The van der Waals surface area contributed by atoms with Gasteiger partial charge in [0.05, 0.1) is 17.8 Å². The Balaban J connectivity index is 1.57. The Morgan fingerprint density at radius 2 is 2.08 bits per heavy atom. The van der Waals surface area contributed by atoms with E-state index in [0.29, 0.717) is 17.1 Å². The molecule has 0 aliphatic carbocycles. The van der Waals surface area contributed by atoms with Crippen molar-refractivity contribution in [2.24, 2.45) is 15.8 Å². The Bertz CT molecular complexity index is 995. The van der Waals surface area contributed by atoms with Crippen molar-refractivity contribution in [3.63, 3.8) is 0 Å². The van der Waals surface area contributed by atoms with Gasteiger partial charge >= 0.3 is 0 Å². The molecule has 0 saturated heterocycles. The van der Waals surface area contributed by atoms with Crippen LogP contribution in [-0.4, -0.2) is 23.7 Å². The monoisotopic (exact) mass is 364 g/mol. The highest BCUT2D eigenvalue weighted by molar-refractivity contribution is 6.30. The summed E-state index contributed by atoms with van der Waals surface area (Å²) in [6, 6.07) is 15.2. The van der Waals surface area contributed by atoms with Crippen LogP contribution in [-0.2, 0) is 6.42 Å². The van der Waals surface area contributed by atoms with E-state index in [1.165, 1.54) is 0 Å². The molecule has 0 radical (unpaired) electrons. The molecule has 0 aliphatic rings. The Hall–Kier alpha value is -3.30. The molecule has 1 aromatic heterocycles. The Morgan fingerprint density at radius 1 is 1.27 bits per heavy atom. The van der Waals surface area contributed by atoms with E-state index in [2.05, 4.69) is 26.6 Å². The number of fused-ring (bicyclic) bond motifs is 1. The lowest BCUT2D eigenvalue weighted by atomic mass is 10.1. The highest BCUT2D eigenvalue weighted by atomic mass is 35.5. The highest BCUT2D eigenvalue weighted by Crippen LogP contribution is 2.18. The zero-order valence-corrected chi connectivity index (χ0v) is 14.7. The third-order valence-electron chi connectivity index (χ3n) is 3.82. The number of nitrogens with one attached hydrogen (secondary N) is 2. The van der Waals surface area contributed by atoms with Crippen LogP contribution in [0.3, 0.4) is 0 Å². The summed E-state index contributed by atoms with van der Waals surface area (Å²) in [6.45, 7) is 0.550. The molecule has 1 heterocycles. The zero-order valence-electron chi connectivity index (χ0n) is 13.9. The minimum Gasteiger partial charge on any atom is -0.369 e. The predicted octanol–water partition coefficient (Wildman–Crippen LogP) is 3.17. The van der Waals surface area contributed by atoms with Crippen LogP contribution >= 0.6 is 11.6 Å². The first-order valence-electron chi connectivity index (χ1n) is 8.00. The molecule has 26 heavy (non-hydrogen) atoms. The smallest absolute Gasteiger partial charge is 0.209 e. The molecule has 0 spiro atoms. The maximum absolute atomic E-state index is 9.01. The fourth-order valence-corrected chi connectivity index (χ4v) is 2.60. The average molecular weight is 365 g/mol. The SMILES string of the molecule is N#Cc1ccc2[nH]cc(/C=N/NC(N)=NCCc3ccc(Cl)cc3)c2c1. The standard InChI is InChI=1S/C19H17ClN6/c20-16-4-1-13(2-5-16)7-8-23-19(22)26-25-12-15-11-24-18-6-3-14(10-21)9-17(15)18/h1-6,9,11-12,24H,7-8H2,(H3,22,23,26)/b25-12+. The highest BCUT2D eigenvalue weighted by Gasteiger charge is 2.02. The number of nitriles is 1. The molecule has 0 atom stereocenters. The fraction of sp³-hybridized carbons (Fsp3) is 0.105. The van der Waals surface area contributed by atoms with Crippen LogP contribution < -0.4 is 11.2 Å². The van der Waals surface area contributed by atoms with Gasteiger partial charge in [0.25, 0.3) is 0 Å². The molecule has 0 saturated carbocycles. The van der Waals surface area contributed by atoms with Crippen LogP contribution in [0.5, 0.6) is 0 Å². The summed E-state index contributed by atoms with van der Waals surface area (Å²) >= 11 is 5.86. The Morgan fingerprint density at radius 3 is 2.85 bits per heavy atom. The molecule has 0 bridgehead atoms. The maximum Gasteiger partial charge on any atom is 0.209 e. The van der Waals surface area contributed by atoms with Crippen molar-refractivity contribution >= 4 is 34.7 Å². The van der Waals surface area contributed by atoms with Crippen molar-refractivity contribution in [3.05, 3.63) is 70.4 Å². The second-order valence-corrected chi connectivity index (χ2v) is 6.07. The third kappa shape index (κ3) is 4.41.